The van der Waals surface area contributed by atoms with E-state index in [2.05, 4.69) is 5.32 Å². The molecule has 3 rings (SSSR count). The van der Waals surface area contributed by atoms with Crippen LogP contribution in [0.5, 0.6) is 5.75 Å². The summed E-state index contributed by atoms with van der Waals surface area (Å²) in [7, 11) is 1.43. The summed E-state index contributed by atoms with van der Waals surface area (Å²) in [5, 5.41) is 2.74. The third-order valence-electron chi connectivity index (χ3n) is 6.04. The van der Waals surface area contributed by atoms with Crippen molar-refractivity contribution in [2.45, 2.75) is 58.2 Å². The lowest BCUT2D eigenvalue weighted by Gasteiger charge is -2.20. The average molecular weight is 472 g/mol. The van der Waals surface area contributed by atoms with Crippen LogP contribution in [0.4, 0.5) is 9.18 Å². The van der Waals surface area contributed by atoms with Crippen LogP contribution < -0.4 is 10.1 Å². The second kappa shape index (κ2) is 13.0. The van der Waals surface area contributed by atoms with Gasteiger partial charge in [-0.15, -0.1) is 0 Å². The Hall–Kier alpha value is -3.09. The highest BCUT2D eigenvalue weighted by Crippen LogP contribution is 2.40. The number of aryl methyl sites for hydroxylation is 1. The van der Waals surface area contributed by atoms with Gasteiger partial charge in [-0.3, -0.25) is 4.79 Å². The molecule has 34 heavy (non-hydrogen) atoms. The number of halogens is 1. The SMILES string of the molecule is COC(=O)[C@@H](CC[C@@H](C)Oc1cc(F)ccc1CCCNC(=O)OCc1ccccc1)C1CC1. The molecule has 1 amide bonds. The number of carbonyl (C=O) groups excluding carboxylic acids is 2. The van der Waals surface area contributed by atoms with Crippen molar-refractivity contribution in [3.63, 3.8) is 0 Å². The van der Waals surface area contributed by atoms with E-state index in [9.17, 15) is 14.0 Å². The Morgan fingerprint density at radius 2 is 1.88 bits per heavy atom. The Morgan fingerprint density at radius 1 is 1.12 bits per heavy atom. The third kappa shape index (κ3) is 8.36. The molecule has 0 aromatic heterocycles. The molecular formula is C27H34FNO5. The highest BCUT2D eigenvalue weighted by Gasteiger charge is 2.36. The van der Waals surface area contributed by atoms with E-state index in [1.165, 1.54) is 19.2 Å². The van der Waals surface area contributed by atoms with Gasteiger partial charge in [0.1, 0.15) is 18.2 Å². The minimum Gasteiger partial charge on any atom is -0.490 e. The van der Waals surface area contributed by atoms with Crippen LogP contribution >= 0.6 is 0 Å². The number of nitrogens with one attached hydrogen (secondary N) is 1. The lowest BCUT2D eigenvalue weighted by atomic mass is 9.96. The number of alkyl carbamates (subject to hydrolysis) is 1. The van der Waals surface area contributed by atoms with Gasteiger partial charge in [-0.25, -0.2) is 9.18 Å². The van der Waals surface area contributed by atoms with E-state index in [1.807, 2.05) is 37.3 Å². The number of amides is 1. The summed E-state index contributed by atoms with van der Waals surface area (Å²) < 4.78 is 30.1. The van der Waals surface area contributed by atoms with Crippen LogP contribution in [-0.2, 0) is 27.3 Å². The maximum absolute atomic E-state index is 13.9. The third-order valence-corrected chi connectivity index (χ3v) is 6.04. The number of carbonyl (C=O) groups is 2. The van der Waals surface area contributed by atoms with Gasteiger partial charge in [0.15, 0.2) is 0 Å². The van der Waals surface area contributed by atoms with E-state index in [4.69, 9.17) is 14.2 Å². The quantitative estimate of drug-likeness (QED) is 0.311. The molecule has 1 aliphatic rings. The Labute approximate surface area is 200 Å². The minimum absolute atomic E-state index is 0.0873. The zero-order chi connectivity index (χ0) is 24.3. The van der Waals surface area contributed by atoms with Gasteiger partial charge in [-0.1, -0.05) is 36.4 Å². The maximum atomic E-state index is 13.9. The zero-order valence-electron chi connectivity index (χ0n) is 19.9. The minimum atomic E-state index is -0.469. The molecule has 1 aliphatic carbocycles. The molecule has 0 heterocycles. The molecule has 2 atom stereocenters. The fourth-order valence-electron chi connectivity index (χ4n) is 3.97. The van der Waals surface area contributed by atoms with Crippen molar-refractivity contribution >= 4 is 12.1 Å². The first-order valence-electron chi connectivity index (χ1n) is 11.9. The van der Waals surface area contributed by atoms with E-state index in [-0.39, 0.29) is 30.4 Å². The Bertz CT molecular complexity index is 932. The molecule has 2 aromatic carbocycles. The molecule has 0 bridgehead atoms. The molecule has 1 saturated carbocycles. The van der Waals surface area contributed by atoms with Crippen LogP contribution in [0.3, 0.4) is 0 Å². The molecule has 0 spiro atoms. The first-order chi connectivity index (χ1) is 16.5. The second-order valence-corrected chi connectivity index (χ2v) is 8.82. The van der Waals surface area contributed by atoms with Gasteiger partial charge in [-0.2, -0.15) is 0 Å². The summed E-state index contributed by atoms with van der Waals surface area (Å²) in [4.78, 5) is 23.9. The number of benzene rings is 2. The summed E-state index contributed by atoms with van der Waals surface area (Å²) >= 11 is 0. The van der Waals surface area contributed by atoms with E-state index in [1.54, 1.807) is 6.07 Å². The van der Waals surface area contributed by atoms with Gasteiger partial charge in [0.2, 0.25) is 0 Å². The van der Waals surface area contributed by atoms with Crippen molar-refractivity contribution in [2.75, 3.05) is 13.7 Å². The van der Waals surface area contributed by atoms with Crippen LogP contribution in [0.1, 0.15) is 50.2 Å². The normalized spacial score (nSPS) is 14.7. The summed E-state index contributed by atoms with van der Waals surface area (Å²) in [6.45, 7) is 2.58. The summed E-state index contributed by atoms with van der Waals surface area (Å²) in [5.74, 6) is 0.308. The van der Waals surface area contributed by atoms with Crippen molar-refractivity contribution in [3.8, 4) is 5.75 Å². The predicted octanol–water partition coefficient (Wildman–Crippen LogP) is 5.43. The Kier molecular flexibility index (Phi) is 9.74. The van der Waals surface area contributed by atoms with Gasteiger partial charge in [0, 0.05) is 12.6 Å². The van der Waals surface area contributed by atoms with Gasteiger partial charge >= 0.3 is 12.1 Å². The fraction of sp³-hybridized carbons (Fsp3) is 0.481. The number of hydrogen-bond acceptors (Lipinski definition) is 5. The summed E-state index contributed by atoms with van der Waals surface area (Å²) in [5.41, 5.74) is 1.80. The molecule has 184 valence electrons. The second-order valence-electron chi connectivity index (χ2n) is 8.82. The first kappa shape index (κ1) is 25.5. The van der Waals surface area contributed by atoms with Crippen LogP contribution in [-0.4, -0.2) is 31.8 Å². The van der Waals surface area contributed by atoms with Gasteiger partial charge in [0.25, 0.3) is 0 Å². The fourth-order valence-corrected chi connectivity index (χ4v) is 3.97. The van der Waals surface area contributed by atoms with Crippen molar-refractivity contribution < 1.29 is 28.2 Å². The van der Waals surface area contributed by atoms with Crippen molar-refractivity contribution in [1.82, 2.24) is 5.32 Å². The average Bonchev–Trinajstić information content (AvgIpc) is 3.67. The van der Waals surface area contributed by atoms with Crippen LogP contribution in [0.2, 0.25) is 0 Å². The molecule has 0 aliphatic heterocycles. The number of methoxy groups -OCH3 is 1. The van der Waals surface area contributed by atoms with Crippen LogP contribution in [0.15, 0.2) is 48.5 Å². The largest absolute Gasteiger partial charge is 0.490 e. The van der Waals surface area contributed by atoms with Crippen LogP contribution in [0, 0.1) is 17.7 Å². The Balaban J connectivity index is 1.42. The van der Waals surface area contributed by atoms with Gasteiger partial charge < -0.3 is 19.5 Å². The molecular weight excluding hydrogens is 437 g/mol. The molecule has 0 saturated heterocycles. The van der Waals surface area contributed by atoms with E-state index < -0.39 is 6.09 Å². The van der Waals surface area contributed by atoms with E-state index in [0.717, 1.165) is 24.0 Å². The Morgan fingerprint density at radius 3 is 2.59 bits per heavy atom. The number of rotatable bonds is 13. The van der Waals surface area contributed by atoms with Crippen LogP contribution in [0.25, 0.3) is 0 Å². The molecule has 6 nitrogen and oxygen atoms in total. The van der Waals surface area contributed by atoms with E-state index >= 15 is 0 Å². The maximum Gasteiger partial charge on any atom is 0.407 e. The van der Waals surface area contributed by atoms with Crippen molar-refractivity contribution in [2.24, 2.45) is 11.8 Å². The topological polar surface area (TPSA) is 73.9 Å². The van der Waals surface area contributed by atoms with Crippen molar-refractivity contribution in [3.05, 3.63) is 65.5 Å². The van der Waals surface area contributed by atoms with E-state index in [0.29, 0.717) is 43.9 Å². The predicted molar refractivity (Wildman–Crippen MR) is 127 cm³/mol. The molecule has 1 fully saturated rings. The summed E-state index contributed by atoms with van der Waals surface area (Å²) in [6, 6.07) is 14.0. The number of hydrogen-bond donors (Lipinski definition) is 1. The smallest absolute Gasteiger partial charge is 0.407 e. The van der Waals surface area contributed by atoms with Gasteiger partial charge in [-0.05, 0) is 68.6 Å². The molecule has 0 radical (unpaired) electrons. The highest BCUT2D eigenvalue weighted by atomic mass is 19.1. The van der Waals surface area contributed by atoms with Gasteiger partial charge in [0.05, 0.1) is 19.1 Å². The molecule has 0 unspecified atom stereocenters. The first-order valence-corrected chi connectivity index (χ1v) is 11.9. The lowest BCUT2D eigenvalue weighted by molar-refractivity contribution is -0.146. The molecule has 7 heteroatoms. The molecule has 1 N–H and O–H groups in total. The number of ether oxygens (including phenoxy) is 3. The summed E-state index contributed by atoms with van der Waals surface area (Å²) in [6.07, 6.45) is 4.14. The lowest BCUT2D eigenvalue weighted by Crippen LogP contribution is -2.25. The standard InChI is InChI=1S/C27H34FNO5/c1-19(10-15-24(21-11-12-21)26(30)32-2)34-25-17-23(28)14-13-22(25)9-6-16-29-27(31)33-18-20-7-4-3-5-8-20/h3-5,7-8,13-14,17,19,21,24H,6,9-12,15-16,18H2,1-2H3,(H,29,31)/t19-,24+/m1/s1. The van der Waals surface area contributed by atoms with Crippen molar-refractivity contribution in [1.29, 1.82) is 0 Å². The molecule has 2 aromatic rings. The highest BCUT2D eigenvalue weighted by molar-refractivity contribution is 5.73. The number of esters is 1. The zero-order valence-corrected chi connectivity index (χ0v) is 19.9. The monoisotopic (exact) mass is 471 g/mol.